The zero-order valence-corrected chi connectivity index (χ0v) is 20.6. The van der Waals surface area contributed by atoms with Crippen LogP contribution < -0.4 is 5.32 Å². The van der Waals surface area contributed by atoms with Gasteiger partial charge in [0.05, 0.1) is 12.2 Å². The molecular formula is C24H36FN3O2Si. The number of amides is 1. The Labute approximate surface area is 187 Å². The van der Waals surface area contributed by atoms with Gasteiger partial charge in [0.2, 0.25) is 5.91 Å². The minimum absolute atomic E-state index is 0.120. The summed E-state index contributed by atoms with van der Waals surface area (Å²) in [6, 6.07) is 7.36. The van der Waals surface area contributed by atoms with Crippen LogP contribution in [0, 0.1) is 17.1 Å². The zero-order chi connectivity index (χ0) is 22.9. The highest BCUT2D eigenvalue weighted by Gasteiger charge is 2.42. The van der Waals surface area contributed by atoms with Crippen molar-refractivity contribution in [3.05, 3.63) is 29.6 Å². The fraction of sp³-hybridized carbons (Fsp3) is 0.667. The third-order valence-electron chi connectivity index (χ3n) is 7.16. The molecule has 3 rings (SSSR count). The molecule has 31 heavy (non-hydrogen) atoms. The monoisotopic (exact) mass is 445 g/mol. The molecule has 1 heterocycles. The first-order valence-electron chi connectivity index (χ1n) is 11.4. The van der Waals surface area contributed by atoms with Crippen molar-refractivity contribution in [3.63, 3.8) is 0 Å². The summed E-state index contributed by atoms with van der Waals surface area (Å²) in [7, 11) is -1.80. The van der Waals surface area contributed by atoms with Crippen molar-refractivity contribution in [2.24, 2.45) is 0 Å². The molecule has 1 aliphatic heterocycles. The predicted octanol–water partition coefficient (Wildman–Crippen LogP) is 5.24. The molecule has 5 nitrogen and oxygen atoms in total. The number of hydrogen-bond donors (Lipinski definition) is 1. The van der Waals surface area contributed by atoms with Crippen LogP contribution in [0.1, 0.15) is 58.4 Å². The van der Waals surface area contributed by atoms with E-state index in [2.05, 4.69) is 45.3 Å². The van der Waals surface area contributed by atoms with Gasteiger partial charge in [-0.1, -0.05) is 26.8 Å². The maximum absolute atomic E-state index is 14.5. The van der Waals surface area contributed by atoms with E-state index < -0.39 is 13.9 Å². The Bertz CT molecular complexity index is 849. The number of aryl methyl sites for hydroxylation is 1. The van der Waals surface area contributed by atoms with Crippen molar-refractivity contribution in [1.82, 2.24) is 4.90 Å². The normalized spacial score (nSPS) is 18.7. The number of benzene rings is 1. The Morgan fingerprint density at radius 3 is 2.55 bits per heavy atom. The standard InChI is InChI=1S/C24H36FN3O2Si/c1-23(2,3)31(4,5)30-20-15-28(16-20)22(29)9-6-8-18-10-11-19(14-21(18)25)27-24(17-26)12-7-13-24/h10-11,14,20,27H,6-9,12-13,15-16H2,1-5H3. The molecule has 1 aromatic rings. The van der Waals surface area contributed by atoms with Crippen LogP contribution in [0.15, 0.2) is 18.2 Å². The molecule has 2 aliphatic rings. The van der Waals surface area contributed by atoms with Crippen molar-refractivity contribution in [2.45, 2.75) is 89.1 Å². The van der Waals surface area contributed by atoms with Crippen LogP contribution in [0.3, 0.4) is 0 Å². The summed E-state index contributed by atoms with van der Waals surface area (Å²) in [5, 5.41) is 12.7. The highest BCUT2D eigenvalue weighted by Crippen LogP contribution is 2.38. The zero-order valence-electron chi connectivity index (χ0n) is 19.6. The summed E-state index contributed by atoms with van der Waals surface area (Å²) < 4.78 is 20.8. The van der Waals surface area contributed by atoms with E-state index in [1.165, 1.54) is 6.07 Å². The molecule has 0 radical (unpaired) electrons. The molecule has 0 spiro atoms. The van der Waals surface area contributed by atoms with Crippen molar-refractivity contribution >= 4 is 19.9 Å². The van der Waals surface area contributed by atoms with Crippen LogP contribution in [0.25, 0.3) is 0 Å². The lowest BCUT2D eigenvalue weighted by Crippen LogP contribution is -2.59. The molecule has 7 heteroatoms. The lowest BCUT2D eigenvalue weighted by Gasteiger charge is -2.46. The maximum Gasteiger partial charge on any atom is 0.222 e. The summed E-state index contributed by atoms with van der Waals surface area (Å²) in [4.78, 5) is 14.3. The molecule has 1 aliphatic carbocycles. The molecule has 0 unspecified atom stereocenters. The van der Waals surface area contributed by atoms with Crippen LogP contribution in [0.5, 0.6) is 0 Å². The van der Waals surface area contributed by atoms with E-state index in [0.717, 1.165) is 19.3 Å². The Morgan fingerprint density at radius 1 is 1.35 bits per heavy atom. The van der Waals surface area contributed by atoms with Gasteiger partial charge in [-0.05, 0) is 67.9 Å². The number of halogens is 1. The third-order valence-corrected chi connectivity index (χ3v) is 11.7. The Morgan fingerprint density at radius 2 is 2.03 bits per heavy atom. The first-order valence-corrected chi connectivity index (χ1v) is 14.3. The molecule has 0 atom stereocenters. The Hall–Kier alpha value is -1.91. The topological polar surface area (TPSA) is 65.4 Å². The van der Waals surface area contributed by atoms with Crippen LogP contribution in [-0.4, -0.2) is 43.9 Å². The number of nitrogens with zero attached hydrogens (tertiary/aromatic N) is 2. The number of likely N-dealkylation sites (tertiary alicyclic amines) is 1. The SMILES string of the molecule is CC(C)(C)[Si](C)(C)OC1CN(C(=O)CCCc2ccc(NC3(C#N)CCC3)cc2F)C1. The summed E-state index contributed by atoms with van der Waals surface area (Å²) in [5.74, 6) is -0.161. The number of nitriles is 1. The fourth-order valence-corrected chi connectivity index (χ4v) is 5.13. The van der Waals surface area contributed by atoms with E-state index in [9.17, 15) is 14.4 Å². The molecule has 170 valence electrons. The highest BCUT2D eigenvalue weighted by atomic mass is 28.4. The average molecular weight is 446 g/mol. The molecule has 2 fully saturated rings. The smallest absolute Gasteiger partial charge is 0.222 e. The number of nitrogens with one attached hydrogen (secondary N) is 1. The van der Waals surface area contributed by atoms with Gasteiger partial charge in [0, 0.05) is 25.2 Å². The molecule has 1 amide bonds. The van der Waals surface area contributed by atoms with Crippen molar-refractivity contribution in [2.75, 3.05) is 18.4 Å². The van der Waals surface area contributed by atoms with E-state index in [0.29, 0.717) is 43.6 Å². The second kappa shape index (κ2) is 8.91. The highest BCUT2D eigenvalue weighted by molar-refractivity contribution is 6.74. The van der Waals surface area contributed by atoms with Gasteiger partial charge in [0.25, 0.3) is 0 Å². The number of carbonyl (C=O) groups excluding carboxylic acids is 1. The quantitative estimate of drug-likeness (QED) is 0.556. The van der Waals surface area contributed by atoms with Crippen LogP contribution in [0.2, 0.25) is 18.1 Å². The number of carbonyl (C=O) groups is 1. The molecule has 0 aromatic heterocycles. The molecule has 0 bridgehead atoms. The van der Waals surface area contributed by atoms with Crippen molar-refractivity contribution < 1.29 is 13.6 Å². The molecular weight excluding hydrogens is 409 g/mol. The van der Waals surface area contributed by atoms with Crippen LogP contribution in [0.4, 0.5) is 10.1 Å². The predicted molar refractivity (Wildman–Crippen MR) is 124 cm³/mol. The van der Waals surface area contributed by atoms with Crippen molar-refractivity contribution in [1.29, 1.82) is 5.26 Å². The van der Waals surface area contributed by atoms with Gasteiger partial charge in [-0.25, -0.2) is 4.39 Å². The largest absolute Gasteiger partial charge is 0.410 e. The third kappa shape index (κ3) is 5.47. The van der Waals surface area contributed by atoms with Crippen LogP contribution in [-0.2, 0) is 15.6 Å². The second-order valence-corrected chi connectivity index (χ2v) is 15.4. The average Bonchev–Trinajstić information content (AvgIpc) is 2.61. The molecule has 1 saturated heterocycles. The van der Waals surface area contributed by atoms with Gasteiger partial charge in [-0.3, -0.25) is 4.79 Å². The van der Waals surface area contributed by atoms with Crippen molar-refractivity contribution in [3.8, 4) is 6.07 Å². The van der Waals surface area contributed by atoms with Gasteiger partial charge in [-0.2, -0.15) is 5.26 Å². The van der Waals surface area contributed by atoms with Gasteiger partial charge in [0.1, 0.15) is 11.4 Å². The first-order chi connectivity index (χ1) is 14.4. The van der Waals surface area contributed by atoms with Gasteiger partial charge < -0.3 is 14.6 Å². The van der Waals surface area contributed by atoms with E-state index in [4.69, 9.17) is 4.43 Å². The summed E-state index contributed by atoms with van der Waals surface area (Å²) in [6.07, 6.45) is 4.34. The second-order valence-electron chi connectivity index (χ2n) is 10.6. The number of hydrogen-bond acceptors (Lipinski definition) is 4. The van der Waals surface area contributed by atoms with E-state index in [-0.39, 0.29) is 22.9 Å². The summed E-state index contributed by atoms with van der Waals surface area (Å²) >= 11 is 0. The Kier molecular flexibility index (Phi) is 6.83. The molecule has 1 aromatic carbocycles. The van der Waals surface area contributed by atoms with Gasteiger partial charge in [0.15, 0.2) is 8.32 Å². The summed E-state index contributed by atoms with van der Waals surface area (Å²) in [6.45, 7) is 12.5. The first kappa shape index (κ1) is 23.7. The van der Waals surface area contributed by atoms with Gasteiger partial charge in [-0.15, -0.1) is 0 Å². The van der Waals surface area contributed by atoms with E-state index in [1.807, 2.05) is 11.0 Å². The minimum Gasteiger partial charge on any atom is -0.410 e. The number of rotatable bonds is 8. The fourth-order valence-electron chi connectivity index (χ4n) is 3.80. The maximum atomic E-state index is 14.5. The molecule has 1 N–H and O–H groups in total. The lowest BCUT2D eigenvalue weighted by atomic mass is 9.78. The summed E-state index contributed by atoms with van der Waals surface area (Å²) in [5.41, 5.74) is 0.719. The van der Waals surface area contributed by atoms with E-state index in [1.54, 1.807) is 6.07 Å². The van der Waals surface area contributed by atoms with E-state index >= 15 is 0 Å². The minimum atomic E-state index is -1.80. The molecule has 1 saturated carbocycles. The van der Waals surface area contributed by atoms with Crippen LogP contribution >= 0.6 is 0 Å². The number of anilines is 1. The Balaban J connectivity index is 1.41. The lowest BCUT2D eigenvalue weighted by molar-refractivity contribution is -0.140. The van der Waals surface area contributed by atoms with Gasteiger partial charge >= 0.3 is 0 Å².